The highest BCUT2D eigenvalue weighted by Gasteiger charge is 2.36. The highest BCUT2D eigenvalue weighted by atomic mass is 17.2. The zero-order chi connectivity index (χ0) is 17.6. The molecule has 0 rings (SSSR count). The third-order valence-electron chi connectivity index (χ3n) is 2.72. The molecule has 0 heterocycles. The minimum atomic E-state index is -0.636. The zero-order valence-electron chi connectivity index (χ0n) is 15.0. The van der Waals surface area contributed by atoms with E-state index >= 15 is 0 Å². The topological polar surface area (TPSA) is 71.1 Å². The second kappa shape index (κ2) is 8.48. The van der Waals surface area contributed by atoms with Crippen molar-refractivity contribution >= 4 is 11.9 Å². The van der Waals surface area contributed by atoms with Crippen molar-refractivity contribution in [3.8, 4) is 0 Å². The summed E-state index contributed by atoms with van der Waals surface area (Å²) in [7, 11) is 0. The standard InChI is InChI=1S/C16H30O6/c1-9-11(13(17)19-21-15(3,4)5)12(10-2)14(18)20-22-16(6,7)8/h11-12H,9-10H2,1-8H3. The summed E-state index contributed by atoms with van der Waals surface area (Å²) in [5, 5.41) is 0. The molecule has 2 atom stereocenters. The van der Waals surface area contributed by atoms with Crippen LogP contribution in [0.1, 0.15) is 68.2 Å². The predicted molar refractivity (Wildman–Crippen MR) is 81.4 cm³/mol. The lowest BCUT2D eigenvalue weighted by atomic mass is 9.88. The maximum absolute atomic E-state index is 12.1. The Morgan fingerprint density at radius 2 is 1.00 bits per heavy atom. The Morgan fingerprint density at radius 1 is 0.727 bits per heavy atom. The summed E-state index contributed by atoms with van der Waals surface area (Å²) < 4.78 is 0. The SMILES string of the molecule is CCC(C(=O)OOC(C)(C)C)C(CC)C(=O)OOC(C)(C)C. The van der Waals surface area contributed by atoms with E-state index in [0.717, 1.165) is 0 Å². The summed E-state index contributed by atoms with van der Waals surface area (Å²) >= 11 is 0. The number of hydrogen-bond acceptors (Lipinski definition) is 6. The summed E-state index contributed by atoms with van der Waals surface area (Å²) in [5.74, 6) is -2.42. The van der Waals surface area contributed by atoms with Crippen LogP contribution in [-0.2, 0) is 29.1 Å². The van der Waals surface area contributed by atoms with E-state index in [1.165, 1.54) is 0 Å². The number of hydrogen-bond donors (Lipinski definition) is 0. The number of carbonyl (C=O) groups is 2. The third kappa shape index (κ3) is 8.34. The molecule has 0 aliphatic rings. The van der Waals surface area contributed by atoms with Gasteiger partial charge in [0.1, 0.15) is 11.2 Å². The Balaban J connectivity index is 4.78. The van der Waals surface area contributed by atoms with Crippen molar-refractivity contribution in [3.63, 3.8) is 0 Å². The van der Waals surface area contributed by atoms with Gasteiger partial charge in [-0.05, 0) is 54.4 Å². The van der Waals surface area contributed by atoms with Gasteiger partial charge in [-0.25, -0.2) is 9.59 Å². The molecule has 0 amide bonds. The molecule has 0 saturated carbocycles. The van der Waals surface area contributed by atoms with Crippen molar-refractivity contribution in [2.45, 2.75) is 79.4 Å². The molecule has 0 fully saturated rings. The molecule has 0 aliphatic heterocycles. The van der Waals surface area contributed by atoms with E-state index in [9.17, 15) is 9.59 Å². The fourth-order valence-electron chi connectivity index (χ4n) is 1.69. The summed E-state index contributed by atoms with van der Waals surface area (Å²) in [4.78, 5) is 44.0. The van der Waals surface area contributed by atoms with Crippen LogP contribution in [0.25, 0.3) is 0 Å². The summed E-state index contributed by atoms with van der Waals surface area (Å²) in [6.45, 7) is 14.2. The normalized spacial score (nSPS) is 15.1. The van der Waals surface area contributed by atoms with E-state index in [4.69, 9.17) is 19.6 Å². The Hall–Kier alpha value is -1.14. The van der Waals surface area contributed by atoms with E-state index in [-0.39, 0.29) is 0 Å². The first-order chi connectivity index (χ1) is 9.91. The van der Waals surface area contributed by atoms with E-state index in [2.05, 4.69) is 0 Å². The number of rotatable bonds is 7. The van der Waals surface area contributed by atoms with Gasteiger partial charge in [0, 0.05) is 0 Å². The van der Waals surface area contributed by atoms with Gasteiger partial charge in [-0.3, -0.25) is 9.78 Å². The molecule has 2 unspecified atom stereocenters. The third-order valence-corrected chi connectivity index (χ3v) is 2.72. The van der Waals surface area contributed by atoms with Gasteiger partial charge in [0.2, 0.25) is 0 Å². The molecule has 0 aliphatic carbocycles. The van der Waals surface area contributed by atoms with E-state index < -0.39 is 35.0 Å². The Bertz CT molecular complexity index is 328. The van der Waals surface area contributed by atoms with Crippen molar-refractivity contribution in [1.29, 1.82) is 0 Å². The van der Waals surface area contributed by atoms with Crippen LogP contribution in [0.5, 0.6) is 0 Å². The lowest BCUT2D eigenvalue weighted by Crippen LogP contribution is -2.35. The molecular formula is C16H30O6. The van der Waals surface area contributed by atoms with Crippen LogP contribution in [0.4, 0.5) is 0 Å². The highest BCUT2D eigenvalue weighted by molar-refractivity contribution is 5.81. The van der Waals surface area contributed by atoms with Crippen molar-refractivity contribution in [2.75, 3.05) is 0 Å². The molecule has 6 nitrogen and oxygen atoms in total. The summed E-state index contributed by atoms with van der Waals surface area (Å²) in [6.07, 6.45) is 0.880. The average Bonchev–Trinajstić information content (AvgIpc) is 2.37. The summed E-state index contributed by atoms with van der Waals surface area (Å²) in [5.41, 5.74) is -1.21. The minimum absolute atomic E-state index is 0.440. The van der Waals surface area contributed by atoms with Crippen LogP contribution in [0.2, 0.25) is 0 Å². The van der Waals surface area contributed by atoms with Crippen molar-refractivity contribution in [2.24, 2.45) is 11.8 Å². The molecule has 0 bridgehead atoms. The molecule has 0 saturated heterocycles. The molecule has 0 N–H and O–H groups in total. The van der Waals surface area contributed by atoms with Gasteiger partial charge in [-0.15, -0.1) is 0 Å². The van der Waals surface area contributed by atoms with Crippen LogP contribution >= 0.6 is 0 Å². The molecule has 22 heavy (non-hydrogen) atoms. The van der Waals surface area contributed by atoms with Gasteiger partial charge < -0.3 is 0 Å². The van der Waals surface area contributed by atoms with Gasteiger partial charge in [0.05, 0.1) is 11.8 Å². The van der Waals surface area contributed by atoms with Gasteiger partial charge in [0.25, 0.3) is 0 Å². The second-order valence-electron chi connectivity index (χ2n) is 7.23. The summed E-state index contributed by atoms with van der Waals surface area (Å²) in [6, 6.07) is 0. The molecule has 0 aromatic rings. The van der Waals surface area contributed by atoms with Crippen LogP contribution in [0, 0.1) is 11.8 Å². The van der Waals surface area contributed by atoms with E-state index in [0.29, 0.717) is 12.8 Å². The van der Waals surface area contributed by atoms with Crippen molar-refractivity contribution in [3.05, 3.63) is 0 Å². The molecule has 0 aromatic carbocycles. The minimum Gasteiger partial charge on any atom is -0.297 e. The van der Waals surface area contributed by atoms with Crippen molar-refractivity contribution < 1.29 is 29.1 Å². The lowest BCUT2D eigenvalue weighted by molar-refractivity contribution is -0.330. The van der Waals surface area contributed by atoms with E-state index in [1.807, 2.05) is 13.8 Å². The molecule has 0 radical (unpaired) electrons. The Kier molecular flexibility index (Phi) is 8.04. The lowest BCUT2D eigenvalue weighted by Gasteiger charge is -2.24. The fraction of sp³-hybridized carbons (Fsp3) is 0.875. The molecule has 0 spiro atoms. The predicted octanol–water partition coefficient (Wildman–Crippen LogP) is 3.59. The van der Waals surface area contributed by atoms with Gasteiger partial charge in [0.15, 0.2) is 0 Å². The van der Waals surface area contributed by atoms with Gasteiger partial charge in [-0.2, -0.15) is 9.78 Å². The van der Waals surface area contributed by atoms with Gasteiger partial charge in [-0.1, -0.05) is 13.8 Å². The first-order valence-electron chi connectivity index (χ1n) is 7.70. The van der Waals surface area contributed by atoms with Crippen LogP contribution in [0.3, 0.4) is 0 Å². The monoisotopic (exact) mass is 318 g/mol. The first-order valence-corrected chi connectivity index (χ1v) is 7.70. The molecule has 130 valence electrons. The van der Waals surface area contributed by atoms with Crippen LogP contribution in [-0.4, -0.2) is 23.1 Å². The Labute approximate surface area is 133 Å². The quantitative estimate of drug-likeness (QED) is 0.528. The zero-order valence-corrected chi connectivity index (χ0v) is 15.0. The maximum Gasteiger partial charge on any atom is 0.346 e. The highest BCUT2D eigenvalue weighted by Crippen LogP contribution is 2.24. The first kappa shape index (κ1) is 20.9. The Morgan fingerprint density at radius 3 is 1.18 bits per heavy atom. The van der Waals surface area contributed by atoms with E-state index in [1.54, 1.807) is 41.5 Å². The average molecular weight is 318 g/mol. The largest absolute Gasteiger partial charge is 0.346 e. The molecule has 6 heteroatoms. The van der Waals surface area contributed by atoms with Crippen LogP contribution in [0.15, 0.2) is 0 Å². The molecular weight excluding hydrogens is 288 g/mol. The number of carbonyl (C=O) groups excluding carboxylic acids is 2. The van der Waals surface area contributed by atoms with Crippen LogP contribution < -0.4 is 0 Å². The molecule has 0 aromatic heterocycles. The fourth-order valence-corrected chi connectivity index (χ4v) is 1.69. The second-order valence-corrected chi connectivity index (χ2v) is 7.23. The maximum atomic E-state index is 12.1. The smallest absolute Gasteiger partial charge is 0.297 e. The van der Waals surface area contributed by atoms with Crippen molar-refractivity contribution in [1.82, 2.24) is 0 Å². The van der Waals surface area contributed by atoms with Gasteiger partial charge >= 0.3 is 11.9 Å².